The van der Waals surface area contributed by atoms with Crippen molar-refractivity contribution in [2.45, 2.75) is 25.5 Å². The molecule has 1 N–H and O–H groups in total. The molecule has 0 radical (unpaired) electrons. The lowest BCUT2D eigenvalue weighted by atomic mass is 10.1. The zero-order chi connectivity index (χ0) is 15.6. The number of nitrogens with zero attached hydrogens (tertiary/aromatic N) is 4. The van der Waals surface area contributed by atoms with E-state index in [9.17, 15) is 0 Å². The van der Waals surface area contributed by atoms with Crippen LogP contribution >= 0.6 is 23.8 Å². The maximum atomic E-state index is 5.73. The van der Waals surface area contributed by atoms with Crippen LogP contribution in [0.25, 0.3) is 22.0 Å². The fraction of sp³-hybridized carbons (Fsp3) is 0.333. The molecule has 3 aromatic rings. The highest BCUT2D eigenvalue weighted by atomic mass is 32.1. The Labute approximate surface area is 142 Å². The molecule has 0 amide bonds. The summed E-state index contributed by atoms with van der Waals surface area (Å²) in [5, 5.41) is 11.6. The predicted octanol–water partition coefficient (Wildman–Crippen LogP) is 3.31. The molecule has 1 unspecified atom stereocenters. The first-order valence-corrected chi connectivity index (χ1v) is 8.66. The Morgan fingerprint density at radius 3 is 3.00 bits per heavy atom. The van der Waals surface area contributed by atoms with E-state index in [-0.39, 0.29) is 6.10 Å². The summed E-state index contributed by atoms with van der Waals surface area (Å²) in [4.78, 5) is 0.918. The normalized spacial score (nSPS) is 17.7. The van der Waals surface area contributed by atoms with Crippen LogP contribution in [0, 0.1) is 4.77 Å². The van der Waals surface area contributed by atoms with Gasteiger partial charge in [0.2, 0.25) is 0 Å². The molecule has 8 heteroatoms. The largest absolute Gasteiger partial charge is 0.376 e. The number of benzene rings is 1. The van der Waals surface area contributed by atoms with Gasteiger partial charge in [-0.3, -0.25) is 9.67 Å². The molecule has 1 saturated heterocycles. The Morgan fingerprint density at radius 1 is 1.35 bits per heavy atom. The Balaban J connectivity index is 1.75. The van der Waals surface area contributed by atoms with E-state index in [1.54, 1.807) is 0 Å². The number of hydrogen-bond acceptors (Lipinski definition) is 6. The average molecular weight is 345 g/mol. The van der Waals surface area contributed by atoms with Gasteiger partial charge in [0, 0.05) is 12.2 Å². The summed E-state index contributed by atoms with van der Waals surface area (Å²) in [6.45, 7) is 1.53. The fourth-order valence-corrected chi connectivity index (χ4v) is 3.67. The molecule has 1 atom stereocenters. The second kappa shape index (κ2) is 6.31. The fourth-order valence-electron chi connectivity index (χ4n) is 2.77. The van der Waals surface area contributed by atoms with Crippen molar-refractivity contribution in [3.8, 4) is 22.0 Å². The Morgan fingerprint density at radius 2 is 2.22 bits per heavy atom. The lowest BCUT2D eigenvalue weighted by Crippen LogP contribution is -2.15. The highest BCUT2D eigenvalue weighted by Gasteiger charge is 2.22. The molecule has 2 aromatic heterocycles. The Bertz CT molecular complexity index is 848. The molecule has 1 aliphatic rings. The minimum absolute atomic E-state index is 0.194. The molecule has 0 aliphatic carbocycles. The van der Waals surface area contributed by atoms with Crippen molar-refractivity contribution in [2.24, 2.45) is 0 Å². The number of ether oxygens (including phenoxy) is 1. The summed E-state index contributed by atoms with van der Waals surface area (Å²) in [5.41, 5.74) is 1.85. The van der Waals surface area contributed by atoms with Crippen molar-refractivity contribution in [3.05, 3.63) is 35.1 Å². The van der Waals surface area contributed by atoms with Crippen LogP contribution in [-0.4, -0.2) is 37.1 Å². The molecule has 1 fully saturated rings. The van der Waals surface area contributed by atoms with Crippen LogP contribution in [0.3, 0.4) is 0 Å². The second-order valence-corrected chi connectivity index (χ2v) is 6.56. The number of aromatic amines is 1. The van der Waals surface area contributed by atoms with Gasteiger partial charge in [-0.2, -0.15) is 5.10 Å². The van der Waals surface area contributed by atoms with Gasteiger partial charge in [0.15, 0.2) is 10.6 Å². The zero-order valence-electron chi connectivity index (χ0n) is 12.3. The van der Waals surface area contributed by atoms with Crippen LogP contribution in [0.1, 0.15) is 12.8 Å². The third-order valence-corrected chi connectivity index (χ3v) is 4.94. The van der Waals surface area contributed by atoms with E-state index in [0.717, 1.165) is 41.4 Å². The van der Waals surface area contributed by atoms with Gasteiger partial charge >= 0.3 is 0 Å². The van der Waals surface area contributed by atoms with Crippen LogP contribution in [0.15, 0.2) is 30.3 Å². The number of nitrogens with one attached hydrogen (secondary N) is 1. The maximum Gasteiger partial charge on any atom is 0.195 e. The van der Waals surface area contributed by atoms with Crippen molar-refractivity contribution in [1.82, 2.24) is 24.4 Å². The van der Waals surface area contributed by atoms with Gasteiger partial charge in [-0.15, -0.1) is 5.10 Å². The Kier molecular flexibility index (Phi) is 4.02. The van der Waals surface area contributed by atoms with Crippen molar-refractivity contribution in [3.63, 3.8) is 0 Å². The van der Waals surface area contributed by atoms with Gasteiger partial charge < -0.3 is 4.74 Å². The second-order valence-electron chi connectivity index (χ2n) is 5.41. The average Bonchev–Trinajstić information content (AvgIpc) is 3.31. The summed E-state index contributed by atoms with van der Waals surface area (Å²) >= 11 is 6.73. The van der Waals surface area contributed by atoms with Gasteiger partial charge in [-0.25, -0.2) is 0 Å². The van der Waals surface area contributed by atoms with Crippen LogP contribution in [0.5, 0.6) is 0 Å². The van der Waals surface area contributed by atoms with E-state index >= 15 is 0 Å². The molecule has 0 spiro atoms. The summed E-state index contributed by atoms with van der Waals surface area (Å²) < 4.78 is 12.4. The molecule has 6 nitrogen and oxygen atoms in total. The Hall–Kier alpha value is -1.90. The van der Waals surface area contributed by atoms with E-state index in [1.165, 1.54) is 11.5 Å². The van der Waals surface area contributed by atoms with Gasteiger partial charge in [0.25, 0.3) is 0 Å². The molecule has 4 rings (SSSR count). The van der Waals surface area contributed by atoms with Gasteiger partial charge in [0.1, 0.15) is 10.6 Å². The third-order valence-electron chi connectivity index (χ3n) is 3.91. The van der Waals surface area contributed by atoms with Crippen molar-refractivity contribution in [2.75, 3.05) is 6.61 Å². The number of H-pyrrole nitrogens is 1. The van der Waals surface area contributed by atoms with Crippen LogP contribution in [0.2, 0.25) is 0 Å². The quantitative estimate of drug-likeness (QED) is 0.735. The number of aromatic nitrogens is 5. The molecule has 1 aliphatic heterocycles. The standard InChI is InChI=1S/C15H15N5OS2/c22-15-18-17-14(20(15)9-11-7-4-8-21-11)13-12(16-19-23-13)10-5-2-1-3-6-10/h1-3,5-6,11H,4,7-9H2,(H,18,22). The van der Waals surface area contributed by atoms with Gasteiger partial charge in [-0.05, 0) is 36.6 Å². The van der Waals surface area contributed by atoms with E-state index in [0.29, 0.717) is 11.3 Å². The monoisotopic (exact) mass is 345 g/mol. The molecule has 23 heavy (non-hydrogen) atoms. The molecule has 1 aromatic carbocycles. The van der Waals surface area contributed by atoms with Crippen molar-refractivity contribution in [1.29, 1.82) is 0 Å². The van der Waals surface area contributed by atoms with Crippen LogP contribution in [0.4, 0.5) is 0 Å². The molecule has 118 valence electrons. The first-order chi connectivity index (χ1) is 11.3. The smallest absolute Gasteiger partial charge is 0.195 e. The summed E-state index contributed by atoms with van der Waals surface area (Å²) in [5.74, 6) is 0.777. The summed E-state index contributed by atoms with van der Waals surface area (Å²) in [7, 11) is 0. The van der Waals surface area contributed by atoms with Crippen LogP contribution in [-0.2, 0) is 11.3 Å². The minimum Gasteiger partial charge on any atom is -0.376 e. The highest BCUT2D eigenvalue weighted by molar-refractivity contribution is 7.71. The maximum absolute atomic E-state index is 5.73. The van der Waals surface area contributed by atoms with E-state index < -0.39 is 0 Å². The van der Waals surface area contributed by atoms with E-state index in [4.69, 9.17) is 17.0 Å². The van der Waals surface area contributed by atoms with E-state index in [2.05, 4.69) is 19.8 Å². The first-order valence-electron chi connectivity index (χ1n) is 7.48. The molecule has 0 saturated carbocycles. The SMILES string of the molecule is S=c1[nH]nc(-c2snnc2-c2ccccc2)n1CC1CCCO1. The van der Waals surface area contributed by atoms with Gasteiger partial charge in [0.05, 0.1) is 12.6 Å². The first kappa shape index (κ1) is 14.7. The zero-order valence-corrected chi connectivity index (χ0v) is 13.9. The lowest BCUT2D eigenvalue weighted by molar-refractivity contribution is 0.0970. The lowest BCUT2D eigenvalue weighted by Gasteiger charge is -2.11. The molecule has 3 heterocycles. The van der Waals surface area contributed by atoms with E-state index in [1.807, 2.05) is 34.9 Å². The molecule has 0 bridgehead atoms. The third kappa shape index (κ3) is 2.85. The summed E-state index contributed by atoms with van der Waals surface area (Å²) in [6, 6.07) is 10.00. The minimum atomic E-state index is 0.194. The molecular formula is C15H15N5OS2. The molecular weight excluding hydrogens is 330 g/mol. The van der Waals surface area contributed by atoms with Gasteiger partial charge in [-0.1, -0.05) is 34.8 Å². The number of rotatable bonds is 4. The highest BCUT2D eigenvalue weighted by Crippen LogP contribution is 2.32. The van der Waals surface area contributed by atoms with Crippen LogP contribution < -0.4 is 0 Å². The predicted molar refractivity (Wildman–Crippen MR) is 90.7 cm³/mol. The van der Waals surface area contributed by atoms with Crippen molar-refractivity contribution < 1.29 is 4.74 Å². The number of hydrogen-bond donors (Lipinski definition) is 1. The topological polar surface area (TPSA) is 68.6 Å². The summed E-state index contributed by atoms with van der Waals surface area (Å²) in [6.07, 6.45) is 2.35. The van der Waals surface area contributed by atoms with Crippen molar-refractivity contribution >= 4 is 23.8 Å².